The van der Waals surface area contributed by atoms with Crippen LogP contribution in [0.2, 0.25) is 0 Å². The second-order valence-corrected chi connectivity index (χ2v) is 7.88. The second kappa shape index (κ2) is 8.27. The molecular formula is C21H29NO5. The first-order valence-electron chi connectivity index (χ1n) is 9.98. The fourth-order valence-electron chi connectivity index (χ4n) is 4.26. The summed E-state index contributed by atoms with van der Waals surface area (Å²) in [6.07, 6.45) is 3.72. The zero-order chi connectivity index (χ0) is 18.6. The molecule has 0 radical (unpaired) electrons. The average molecular weight is 375 g/mol. The minimum atomic E-state index is -0.814. The highest BCUT2D eigenvalue weighted by atomic mass is 16.6. The van der Waals surface area contributed by atoms with Gasteiger partial charge in [0.2, 0.25) is 0 Å². The Kier molecular flexibility index (Phi) is 5.78. The molecule has 0 aromatic heterocycles. The third-order valence-electron chi connectivity index (χ3n) is 5.97. The predicted molar refractivity (Wildman–Crippen MR) is 99.3 cm³/mol. The van der Waals surface area contributed by atoms with Crippen LogP contribution in [0.15, 0.2) is 30.3 Å². The molecule has 148 valence electrons. The van der Waals surface area contributed by atoms with Crippen molar-refractivity contribution in [2.45, 2.75) is 56.0 Å². The third-order valence-corrected chi connectivity index (χ3v) is 5.97. The van der Waals surface area contributed by atoms with Crippen LogP contribution in [-0.4, -0.2) is 56.2 Å². The molecule has 3 aliphatic heterocycles. The van der Waals surface area contributed by atoms with Crippen molar-refractivity contribution < 1.29 is 23.7 Å². The number of carbonyl (C=O) groups excluding carboxylic acids is 1. The summed E-state index contributed by atoms with van der Waals surface area (Å²) in [6.45, 7) is 3.56. The highest BCUT2D eigenvalue weighted by Gasteiger charge is 2.45. The summed E-state index contributed by atoms with van der Waals surface area (Å²) < 4.78 is 23.2. The van der Waals surface area contributed by atoms with E-state index in [1.807, 2.05) is 30.3 Å². The van der Waals surface area contributed by atoms with Crippen LogP contribution in [0.25, 0.3) is 0 Å². The smallest absolute Gasteiger partial charge is 0.252 e. The van der Waals surface area contributed by atoms with Gasteiger partial charge in [-0.2, -0.15) is 0 Å². The van der Waals surface area contributed by atoms with E-state index in [2.05, 4.69) is 5.32 Å². The van der Waals surface area contributed by atoms with Crippen LogP contribution < -0.4 is 5.32 Å². The molecule has 0 saturated carbocycles. The van der Waals surface area contributed by atoms with Gasteiger partial charge in [0.25, 0.3) is 5.91 Å². The molecular weight excluding hydrogens is 346 g/mol. The van der Waals surface area contributed by atoms with Crippen molar-refractivity contribution in [2.75, 3.05) is 33.0 Å². The molecule has 1 spiro atoms. The van der Waals surface area contributed by atoms with Gasteiger partial charge in [-0.3, -0.25) is 4.79 Å². The van der Waals surface area contributed by atoms with Crippen molar-refractivity contribution in [3.8, 4) is 0 Å². The lowest BCUT2D eigenvalue weighted by Crippen LogP contribution is -2.57. The van der Waals surface area contributed by atoms with E-state index in [1.165, 1.54) is 0 Å². The number of nitrogens with one attached hydrogen (secondary N) is 1. The van der Waals surface area contributed by atoms with Gasteiger partial charge < -0.3 is 24.3 Å². The number of amides is 1. The monoisotopic (exact) mass is 375 g/mol. The van der Waals surface area contributed by atoms with E-state index in [-0.39, 0.29) is 17.6 Å². The van der Waals surface area contributed by atoms with Crippen LogP contribution in [0.5, 0.6) is 0 Å². The summed E-state index contributed by atoms with van der Waals surface area (Å²) in [5.74, 6) is -0.0114. The van der Waals surface area contributed by atoms with E-state index in [0.717, 1.165) is 31.4 Å². The van der Waals surface area contributed by atoms with Crippen molar-refractivity contribution in [1.29, 1.82) is 0 Å². The van der Waals surface area contributed by atoms with E-state index in [1.54, 1.807) is 0 Å². The second-order valence-electron chi connectivity index (χ2n) is 7.88. The number of carbonyl (C=O) groups is 1. The Morgan fingerprint density at radius 3 is 2.59 bits per heavy atom. The molecule has 4 rings (SSSR count). The molecule has 1 amide bonds. The van der Waals surface area contributed by atoms with Gasteiger partial charge in [0.1, 0.15) is 0 Å². The zero-order valence-corrected chi connectivity index (χ0v) is 15.8. The van der Waals surface area contributed by atoms with Crippen molar-refractivity contribution in [3.63, 3.8) is 0 Å². The van der Waals surface area contributed by atoms with Gasteiger partial charge in [0, 0.05) is 51.7 Å². The van der Waals surface area contributed by atoms with Gasteiger partial charge in [-0.25, -0.2) is 0 Å². The molecule has 2 atom stereocenters. The highest BCUT2D eigenvalue weighted by molar-refractivity contribution is 5.85. The maximum absolute atomic E-state index is 13.2. The molecule has 3 heterocycles. The van der Waals surface area contributed by atoms with E-state index >= 15 is 0 Å². The Labute approximate surface area is 160 Å². The molecule has 1 N–H and O–H groups in total. The van der Waals surface area contributed by atoms with Crippen molar-refractivity contribution in [2.24, 2.45) is 0 Å². The highest BCUT2D eigenvalue weighted by Crippen LogP contribution is 2.34. The van der Waals surface area contributed by atoms with Gasteiger partial charge in [-0.15, -0.1) is 0 Å². The molecule has 3 saturated heterocycles. The van der Waals surface area contributed by atoms with E-state index < -0.39 is 5.60 Å². The van der Waals surface area contributed by atoms with Crippen LogP contribution in [0.4, 0.5) is 0 Å². The fraction of sp³-hybridized carbons (Fsp3) is 0.667. The largest absolute Gasteiger partial charge is 0.381 e. The Balaban J connectivity index is 1.41. The van der Waals surface area contributed by atoms with Crippen LogP contribution in [0, 0.1) is 0 Å². The zero-order valence-electron chi connectivity index (χ0n) is 15.8. The maximum atomic E-state index is 13.2. The topological polar surface area (TPSA) is 66.0 Å². The van der Waals surface area contributed by atoms with E-state index in [4.69, 9.17) is 18.9 Å². The van der Waals surface area contributed by atoms with Gasteiger partial charge in [-0.1, -0.05) is 30.3 Å². The summed E-state index contributed by atoms with van der Waals surface area (Å²) in [4.78, 5) is 13.2. The first-order chi connectivity index (χ1) is 13.2. The predicted octanol–water partition coefficient (Wildman–Crippen LogP) is 2.21. The molecule has 1 aromatic carbocycles. The Morgan fingerprint density at radius 2 is 1.85 bits per heavy atom. The van der Waals surface area contributed by atoms with E-state index in [9.17, 15) is 4.79 Å². The van der Waals surface area contributed by atoms with Gasteiger partial charge in [-0.05, 0) is 18.4 Å². The number of ether oxygens (including phenoxy) is 4. The summed E-state index contributed by atoms with van der Waals surface area (Å²) in [5.41, 5.74) is 0.0413. The summed E-state index contributed by atoms with van der Waals surface area (Å²) >= 11 is 0. The summed E-state index contributed by atoms with van der Waals surface area (Å²) in [6, 6.07) is 10.1. The molecule has 6 heteroatoms. The van der Waals surface area contributed by atoms with Gasteiger partial charge >= 0.3 is 0 Å². The molecule has 2 unspecified atom stereocenters. The number of rotatable bonds is 5. The van der Waals surface area contributed by atoms with Crippen LogP contribution in [-0.2, 0) is 30.3 Å². The van der Waals surface area contributed by atoms with Crippen molar-refractivity contribution >= 4 is 5.91 Å². The fourth-order valence-corrected chi connectivity index (χ4v) is 4.26. The Bertz CT molecular complexity index is 623. The minimum Gasteiger partial charge on any atom is -0.381 e. The lowest BCUT2D eigenvalue weighted by Gasteiger charge is -2.40. The standard InChI is InChI=1S/C21H29NO5/c23-19(22-18-6-10-26-20(14-18)7-11-25-16-20)21(8-12-24-13-9-21)27-15-17-4-2-1-3-5-17/h1-5,18H,6-16H2,(H,22,23). The van der Waals surface area contributed by atoms with Crippen LogP contribution in [0.3, 0.4) is 0 Å². The molecule has 27 heavy (non-hydrogen) atoms. The summed E-state index contributed by atoms with van der Waals surface area (Å²) in [5, 5.41) is 3.26. The molecule has 3 fully saturated rings. The molecule has 6 nitrogen and oxygen atoms in total. The quantitative estimate of drug-likeness (QED) is 0.855. The maximum Gasteiger partial charge on any atom is 0.252 e. The molecule has 1 aromatic rings. The third kappa shape index (κ3) is 4.35. The van der Waals surface area contributed by atoms with Crippen LogP contribution >= 0.6 is 0 Å². The van der Waals surface area contributed by atoms with Gasteiger partial charge in [0.15, 0.2) is 5.60 Å². The Hall–Kier alpha value is -1.47. The SMILES string of the molecule is O=C(NC1CCOC2(CCOC2)C1)C1(OCc2ccccc2)CCOCC1. The van der Waals surface area contributed by atoms with Crippen molar-refractivity contribution in [3.05, 3.63) is 35.9 Å². The molecule has 0 bridgehead atoms. The number of benzene rings is 1. The average Bonchev–Trinajstić information content (AvgIpc) is 3.15. The summed E-state index contributed by atoms with van der Waals surface area (Å²) in [7, 11) is 0. The van der Waals surface area contributed by atoms with Gasteiger partial charge in [0.05, 0.1) is 18.8 Å². The normalized spacial score (nSPS) is 30.3. The Morgan fingerprint density at radius 1 is 1.07 bits per heavy atom. The molecule has 3 aliphatic rings. The first kappa shape index (κ1) is 18.9. The lowest BCUT2D eigenvalue weighted by atomic mass is 9.88. The number of hydrogen-bond donors (Lipinski definition) is 1. The molecule has 0 aliphatic carbocycles. The van der Waals surface area contributed by atoms with Crippen LogP contribution in [0.1, 0.15) is 37.7 Å². The van der Waals surface area contributed by atoms with E-state index in [0.29, 0.717) is 45.9 Å². The first-order valence-corrected chi connectivity index (χ1v) is 9.98. The minimum absolute atomic E-state index is 0.0114. The number of hydrogen-bond acceptors (Lipinski definition) is 5. The van der Waals surface area contributed by atoms with Crippen molar-refractivity contribution in [1.82, 2.24) is 5.32 Å². The lowest BCUT2D eigenvalue weighted by molar-refractivity contribution is -0.166.